The molecule has 3 rings (SSSR count). The van der Waals surface area contributed by atoms with Gasteiger partial charge in [-0.2, -0.15) is 0 Å². The van der Waals surface area contributed by atoms with E-state index in [1.165, 1.54) is 0 Å². The van der Waals surface area contributed by atoms with E-state index >= 15 is 0 Å². The van der Waals surface area contributed by atoms with E-state index in [-0.39, 0.29) is 24.5 Å². The molecular formula is C23H27ClN2O3. The molecule has 154 valence electrons. The van der Waals surface area contributed by atoms with Crippen LogP contribution in [0.4, 0.5) is 0 Å². The SMILES string of the molecule is Cc1ccc(C(=O)N2CCC(NC(=O)COc3cc(C)c(Cl)c(C)c3)CC2)cc1. The summed E-state index contributed by atoms with van der Waals surface area (Å²) in [6, 6.07) is 11.3. The Morgan fingerprint density at radius 1 is 1.07 bits per heavy atom. The number of halogens is 1. The van der Waals surface area contributed by atoms with Gasteiger partial charge in [-0.05, 0) is 69.0 Å². The number of benzene rings is 2. The first kappa shape index (κ1) is 21.2. The molecule has 29 heavy (non-hydrogen) atoms. The summed E-state index contributed by atoms with van der Waals surface area (Å²) in [7, 11) is 0. The van der Waals surface area contributed by atoms with Crippen LogP contribution in [0.3, 0.4) is 0 Å². The normalized spacial score (nSPS) is 14.6. The first-order valence-electron chi connectivity index (χ1n) is 9.88. The Bertz CT molecular complexity index is 864. The highest BCUT2D eigenvalue weighted by atomic mass is 35.5. The van der Waals surface area contributed by atoms with Gasteiger partial charge < -0.3 is 15.0 Å². The van der Waals surface area contributed by atoms with Crippen LogP contribution in [0.5, 0.6) is 5.75 Å². The third kappa shape index (κ3) is 5.51. The molecule has 0 saturated carbocycles. The van der Waals surface area contributed by atoms with Crippen molar-refractivity contribution in [3.63, 3.8) is 0 Å². The van der Waals surface area contributed by atoms with E-state index in [1.54, 1.807) is 0 Å². The highest BCUT2D eigenvalue weighted by molar-refractivity contribution is 6.32. The molecule has 2 amide bonds. The zero-order valence-corrected chi connectivity index (χ0v) is 17.9. The average Bonchev–Trinajstić information content (AvgIpc) is 2.71. The lowest BCUT2D eigenvalue weighted by atomic mass is 10.0. The lowest BCUT2D eigenvalue weighted by molar-refractivity contribution is -0.124. The van der Waals surface area contributed by atoms with Gasteiger partial charge in [-0.15, -0.1) is 0 Å². The van der Waals surface area contributed by atoms with Crippen molar-refractivity contribution in [1.29, 1.82) is 0 Å². The van der Waals surface area contributed by atoms with Crippen LogP contribution in [0.25, 0.3) is 0 Å². The van der Waals surface area contributed by atoms with E-state index in [9.17, 15) is 9.59 Å². The van der Waals surface area contributed by atoms with Crippen molar-refractivity contribution in [1.82, 2.24) is 10.2 Å². The van der Waals surface area contributed by atoms with Gasteiger partial charge in [0, 0.05) is 29.7 Å². The predicted molar refractivity (Wildman–Crippen MR) is 115 cm³/mol. The summed E-state index contributed by atoms with van der Waals surface area (Å²) in [5, 5.41) is 3.72. The quantitative estimate of drug-likeness (QED) is 0.802. The topological polar surface area (TPSA) is 58.6 Å². The Kier molecular flexibility index (Phi) is 6.80. The van der Waals surface area contributed by atoms with Gasteiger partial charge in [0.05, 0.1) is 0 Å². The van der Waals surface area contributed by atoms with E-state index in [4.69, 9.17) is 16.3 Å². The van der Waals surface area contributed by atoms with E-state index in [2.05, 4.69) is 5.32 Å². The Hall–Kier alpha value is -2.53. The van der Waals surface area contributed by atoms with Gasteiger partial charge in [-0.3, -0.25) is 9.59 Å². The van der Waals surface area contributed by atoms with Gasteiger partial charge in [0.15, 0.2) is 6.61 Å². The van der Waals surface area contributed by atoms with Crippen molar-refractivity contribution in [2.45, 2.75) is 39.7 Å². The third-order valence-corrected chi connectivity index (χ3v) is 5.82. The largest absolute Gasteiger partial charge is 0.484 e. The second kappa shape index (κ2) is 9.31. The molecule has 0 atom stereocenters. The van der Waals surface area contributed by atoms with Crippen LogP contribution in [0.1, 0.15) is 39.9 Å². The fraction of sp³-hybridized carbons (Fsp3) is 0.391. The molecule has 1 N–H and O–H groups in total. The molecule has 1 fully saturated rings. The van der Waals surface area contributed by atoms with Gasteiger partial charge in [-0.25, -0.2) is 0 Å². The number of amides is 2. The predicted octanol–water partition coefficient (Wildman–Crippen LogP) is 4.07. The van der Waals surface area contributed by atoms with Crippen LogP contribution in [-0.2, 0) is 4.79 Å². The van der Waals surface area contributed by atoms with Crippen molar-refractivity contribution < 1.29 is 14.3 Å². The molecule has 2 aromatic carbocycles. The Labute approximate surface area is 177 Å². The summed E-state index contributed by atoms with van der Waals surface area (Å²) in [5.74, 6) is 0.531. The van der Waals surface area contributed by atoms with Gasteiger partial charge in [0.1, 0.15) is 5.75 Å². The molecule has 1 aliphatic rings. The van der Waals surface area contributed by atoms with Crippen molar-refractivity contribution in [2.75, 3.05) is 19.7 Å². The average molecular weight is 415 g/mol. The monoisotopic (exact) mass is 414 g/mol. The van der Waals surface area contributed by atoms with Crippen molar-refractivity contribution in [3.05, 3.63) is 63.7 Å². The van der Waals surface area contributed by atoms with Gasteiger partial charge in [0.25, 0.3) is 11.8 Å². The summed E-state index contributed by atoms with van der Waals surface area (Å²) in [6.07, 6.45) is 1.48. The minimum Gasteiger partial charge on any atom is -0.484 e. The Morgan fingerprint density at radius 3 is 2.24 bits per heavy atom. The molecule has 1 aliphatic heterocycles. The zero-order chi connectivity index (χ0) is 21.0. The second-order valence-corrected chi connectivity index (χ2v) is 8.04. The number of nitrogens with one attached hydrogen (secondary N) is 1. The Morgan fingerprint density at radius 2 is 1.66 bits per heavy atom. The summed E-state index contributed by atoms with van der Waals surface area (Å²) >= 11 is 6.16. The lowest BCUT2D eigenvalue weighted by Gasteiger charge is -2.32. The van der Waals surface area contributed by atoms with Crippen molar-refractivity contribution >= 4 is 23.4 Å². The van der Waals surface area contributed by atoms with E-state index < -0.39 is 0 Å². The number of hydrogen-bond acceptors (Lipinski definition) is 3. The van der Waals surface area contributed by atoms with E-state index in [0.29, 0.717) is 29.4 Å². The number of carbonyl (C=O) groups excluding carboxylic acids is 2. The maximum atomic E-state index is 12.6. The van der Waals surface area contributed by atoms with Crippen LogP contribution >= 0.6 is 11.6 Å². The molecule has 0 aromatic heterocycles. The number of rotatable bonds is 5. The summed E-state index contributed by atoms with van der Waals surface area (Å²) in [5.41, 5.74) is 3.69. The third-order valence-electron chi connectivity index (χ3n) is 5.23. The smallest absolute Gasteiger partial charge is 0.258 e. The van der Waals surface area contributed by atoms with Crippen LogP contribution in [0, 0.1) is 20.8 Å². The highest BCUT2D eigenvalue weighted by Gasteiger charge is 2.24. The highest BCUT2D eigenvalue weighted by Crippen LogP contribution is 2.25. The first-order valence-corrected chi connectivity index (χ1v) is 10.3. The van der Waals surface area contributed by atoms with Gasteiger partial charge in [0.2, 0.25) is 0 Å². The zero-order valence-electron chi connectivity index (χ0n) is 17.1. The minimum atomic E-state index is -0.154. The van der Waals surface area contributed by atoms with E-state index in [1.807, 2.05) is 62.1 Å². The molecule has 1 heterocycles. The number of likely N-dealkylation sites (tertiary alicyclic amines) is 1. The lowest BCUT2D eigenvalue weighted by Crippen LogP contribution is -2.47. The second-order valence-electron chi connectivity index (χ2n) is 7.66. The minimum absolute atomic E-state index is 0.0387. The molecule has 0 bridgehead atoms. The first-order chi connectivity index (χ1) is 13.8. The fourth-order valence-electron chi connectivity index (χ4n) is 3.51. The molecule has 6 heteroatoms. The van der Waals surface area contributed by atoms with Gasteiger partial charge >= 0.3 is 0 Å². The standard InChI is InChI=1S/C23H27ClN2O3/c1-15-4-6-18(7-5-15)23(28)26-10-8-19(9-11-26)25-21(27)14-29-20-12-16(2)22(24)17(3)13-20/h4-7,12-13,19H,8-11,14H2,1-3H3,(H,25,27). The number of aryl methyl sites for hydroxylation is 3. The van der Waals surface area contributed by atoms with Crippen LogP contribution in [-0.4, -0.2) is 42.5 Å². The van der Waals surface area contributed by atoms with Crippen LogP contribution in [0.15, 0.2) is 36.4 Å². The fourth-order valence-corrected chi connectivity index (χ4v) is 3.62. The molecule has 1 saturated heterocycles. The Balaban J connectivity index is 1.45. The van der Waals surface area contributed by atoms with E-state index in [0.717, 1.165) is 29.5 Å². The van der Waals surface area contributed by atoms with Gasteiger partial charge in [-0.1, -0.05) is 29.3 Å². The maximum Gasteiger partial charge on any atom is 0.258 e. The molecular weight excluding hydrogens is 388 g/mol. The van der Waals surface area contributed by atoms with Crippen molar-refractivity contribution in [2.24, 2.45) is 0 Å². The number of piperidine rings is 1. The maximum absolute atomic E-state index is 12.6. The number of nitrogens with zero attached hydrogens (tertiary/aromatic N) is 1. The van der Waals surface area contributed by atoms with Crippen LogP contribution in [0.2, 0.25) is 5.02 Å². The summed E-state index contributed by atoms with van der Waals surface area (Å²) in [4.78, 5) is 26.7. The molecule has 0 radical (unpaired) electrons. The molecule has 0 unspecified atom stereocenters. The molecule has 0 aliphatic carbocycles. The summed E-state index contributed by atoms with van der Waals surface area (Å²) in [6.45, 7) is 7.05. The number of ether oxygens (including phenoxy) is 1. The van der Waals surface area contributed by atoms with Crippen LogP contribution < -0.4 is 10.1 Å². The molecule has 2 aromatic rings. The number of hydrogen-bond donors (Lipinski definition) is 1. The molecule has 0 spiro atoms. The van der Waals surface area contributed by atoms with Crippen molar-refractivity contribution in [3.8, 4) is 5.75 Å². The summed E-state index contributed by atoms with van der Waals surface area (Å²) < 4.78 is 5.62. The molecule has 5 nitrogen and oxygen atoms in total. The number of carbonyl (C=O) groups is 2.